The molecule has 0 aliphatic carbocycles. The van der Waals surface area contributed by atoms with Crippen molar-refractivity contribution >= 4 is 22.6 Å². The van der Waals surface area contributed by atoms with Gasteiger partial charge >= 0.3 is 0 Å². The van der Waals surface area contributed by atoms with Crippen LogP contribution in [0, 0.1) is 17.7 Å². The van der Waals surface area contributed by atoms with Crippen LogP contribution in [0.2, 0.25) is 0 Å². The molecule has 4 heteroatoms. The predicted octanol–water partition coefficient (Wildman–Crippen LogP) is 2.43. The van der Waals surface area contributed by atoms with Gasteiger partial charge in [-0.05, 0) is 18.2 Å². The molecule has 0 aromatic heterocycles. The third-order valence-electron chi connectivity index (χ3n) is 1.77. The van der Waals surface area contributed by atoms with Gasteiger partial charge in [-0.1, -0.05) is 23.6 Å². The van der Waals surface area contributed by atoms with Gasteiger partial charge in [0.05, 0.1) is 5.69 Å². The minimum Gasteiger partial charge on any atom is -0.396 e. The lowest BCUT2D eigenvalue weighted by molar-refractivity contribution is -0.109. The standard InChI is InChI=1S/C12H12FNOS/c1-9(15)16-7-3-2-4-10-5-6-12(14)11(13)8-10/h5-6,8H,3,7,14H2,1H3. The molecule has 0 atom stereocenters. The van der Waals surface area contributed by atoms with Gasteiger partial charge in [-0.15, -0.1) is 0 Å². The first-order valence-electron chi connectivity index (χ1n) is 4.77. The fourth-order valence-electron chi connectivity index (χ4n) is 1.02. The van der Waals surface area contributed by atoms with Gasteiger partial charge in [-0.25, -0.2) is 4.39 Å². The molecule has 0 fully saturated rings. The van der Waals surface area contributed by atoms with E-state index in [1.807, 2.05) is 0 Å². The molecule has 1 aromatic rings. The van der Waals surface area contributed by atoms with Crippen molar-refractivity contribution in [3.05, 3.63) is 29.6 Å². The van der Waals surface area contributed by atoms with Gasteiger partial charge < -0.3 is 5.73 Å². The maximum Gasteiger partial charge on any atom is 0.185 e. The number of hydrogen-bond donors (Lipinski definition) is 1. The number of carbonyl (C=O) groups excluding carboxylic acids is 1. The first-order valence-corrected chi connectivity index (χ1v) is 5.75. The zero-order chi connectivity index (χ0) is 12.0. The topological polar surface area (TPSA) is 43.1 Å². The van der Waals surface area contributed by atoms with Crippen LogP contribution < -0.4 is 5.73 Å². The van der Waals surface area contributed by atoms with Gasteiger partial charge in [0.1, 0.15) is 5.82 Å². The highest BCUT2D eigenvalue weighted by Gasteiger charge is 1.97. The Balaban J connectivity index is 2.50. The van der Waals surface area contributed by atoms with Crippen molar-refractivity contribution in [1.29, 1.82) is 0 Å². The number of benzene rings is 1. The van der Waals surface area contributed by atoms with Crippen molar-refractivity contribution in [1.82, 2.24) is 0 Å². The number of nitrogens with two attached hydrogens (primary N) is 1. The molecule has 0 saturated heterocycles. The summed E-state index contributed by atoms with van der Waals surface area (Å²) in [5.74, 6) is 5.90. The molecule has 2 nitrogen and oxygen atoms in total. The maximum absolute atomic E-state index is 13.0. The molecular formula is C12H12FNOS. The van der Waals surface area contributed by atoms with Crippen molar-refractivity contribution in [3.8, 4) is 11.8 Å². The summed E-state index contributed by atoms with van der Waals surface area (Å²) >= 11 is 1.24. The molecule has 1 aromatic carbocycles. The Morgan fingerprint density at radius 3 is 2.94 bits per heavy atom. The van der Waals surface area contributed by atoms with Gasteiger partial charge in [0.2, 0.25) is 0 Å². The lowest BCUT2D eigenvalue weighted by Gasteiger charge is -1.95. The SMILES string of the molecule is CC(=O)SCCC#Cc1ccc(N)c(F)c1. The summed E-state index contributed by atoms with van der Waals surface area (Å²) in [6.45, 7) is 1.52. The molecule has 0 aliphatic rings. The average Bonchev–Trinajstić information content (AvgIpc) is 2.22. The van der Waals surface area contributed by atoms with Crippen molar-refractivity contribution in [2.24, 2.45) is 0 Å². The van der Waals surface area contributed by atoms with Crippen LogP contribution in [-0.4, -0.2) is 10.9 Å². The summed E-state index contributed by atoms with van der Waals surface area (Å²) in [5, 5.41) is 0.0836. The number of halogens is 1. The van der Waals surface area contributed by atoms with E-state index in [1.165, 1.54) is 30.8 Å². The van der Waals surface area contributed by atoms with Gasteiger partial charge in [0.25, 0.3) is 0 Å². The average molecular weight is 237 g/mol. The molecule has 0 saturated carbocycles. The molecule has 16 heavy (non-hydrogen) atoms. The van der Waals surface area contributed by atoms with E-state index in [1.54, 1.807) is 6.07 Å². The van der Waals surface area contributed by atoms with E-state index in [-0.39, 0.29) is 10.8 Å². The summed E-state index contributed by atoms with van der Waals surface area (Å²) in [7, 11) is 0. The van der Waals surface area contributed by atoms with Crippen LogP contribution in [0.1, 0.15) is 18.9 Å². The Kier molecular flexibility index (Phi) is 4.87. The molecule has 0 bridgehead atoms. The summed E-state index contributed by atoms with van der Waals surface area (Å²) in [6.07, 6.45) is 0.607. The fraction of sp³-hybridized carbons (Fsp3) is 0.250. The van der Waals surface area contributed by atoms with Gasteiger partial charge in [-0.2, -0.15) is 0 Å². The minimum absolute atomic E-state index is 0.0836. The van der Waals surface area contributed by atoms with Crippen molar-refractivity contribution < 1.29 is 9.18 Å². The number of carbonyl (C=O) groups is 1. The number of hydrogen-bond acceptors (Lipinski definition) is 3. The fourth-order valence-corrected chi connectivity index (χ4v) is 1.51. The lowest BCUT2D eigenvalue weighted by Crippen LogP contribution is -1.90. The van der Waals surface area contributed by atoms with Gasteiger partial charge in [0, 0.05) is 24.7 Å². The Labute approximate surface area is 98.4 Å². The lowest BCUT2D eigenvalue weighted by atomic mass is 10.2. The van der Waals surface area contributed by atoms with E-state index in [0.29, 0.717) is 17.7 Å². The normalized spacial score (nSPS) is 9.38. The summed E-state index contributed by atoms with van der Waals surface area (Å²) in [6, 6.07) is 4.47. The Morgan fingerprint density at radius 1 is 1.56 bits per heavy atom. The first-order chi connectivity index (χ1) is 7.59. The molecule has 0 unspecified atom stereocenters. The highest BCUT2D eigenvalue weighted by Crippen LogP contribution is 2.11. The van der Waals surface area contributed by atoms with Crippen LogP contribution in [0.25, 0.3) is 0 Å². The zero-order valence-corrected chi connectivity index (χ0v) is 9.73. The number of nitrogen functional groups attached to an aromatic ring is 1. The third-order valence-corrected chi connectivity index (χ3v) is 2.58. The van der Waals surface area contributed by atoms with Crippen LogP contribution >= 0.6 is 11.8 Å². The van der Waals surface area contributed by atoms with Crippen molar-refractivity contribution in [2.45, 2.75) is 13.3 Å². The molecule has 84 valence electrons. The monoisotopic (exact) mass is 237 g/mol. The largest absolute Gasteiger partial charge is 0.396 e. The van der Waals surface area contributed by atoms with E-state index in [0.717, 1.165) is 0 Å². The van der Waals surface area contributed by atoms with E-state index in [4.69, 9.17) is 5.73 Å². The molecule has 2 N–H and O–H groups in total. The van der Waals surface area contributed by atoms with Gasteiger partial charge in [-0.3, -0.25) is 4.79 Å². The quantitative estimate of drug-likeness (QED) is 0.488. The van der Waals surface area contributed by atoms with Crippen LogP contribution in [0.4, 0.5) is 10.1 Å². The second-order valence-corrected chi connectivity index (χ2v) is 4.40. The van der Waals surface area contributed by atoms with Crippen LogP contribution in [0.5, 0.6) is 0 Å². The minimum atomic E-state index is -0.454. The third kappa shape index (κ3) is 4.37. The summed E-state index contributed by atoms with van der Waals surface area (Å²) < 4.78 is 13.0. The molecule has 0 radical (unpaired) electrons. The molecule has 0 heterocycles. The highest BCUT2D eigenvalue weighted by atomic mass is 32.2. The van der Waals surface area contributed by atoms with E-state index < -0.39 is 5.82 Å². The maximum atomic E-state index is 13.0. The second-order valence-electron chi connectivity index (χ2n) is 3.13. The molecule has 1 rings (SSSR count). The van der Waals surface area contributed by atoms with Crippen LogP contribution in [-0.2, 0) is 4.79 Å². The number of anilines is 1. The Hall–Kier alpha value is -1.47. The zero-order valence-electron chi connectivity index (χ0n) is 8.92. The van der Waals surface area contributed by atoms with E-state index in [2.05, 4.69) is 11.8 Å². The molecule has 0 amide bonds. The van der Waals surface area contributed by atoms with Gasteiger partial charge in [0.15, 0.2) is 5.12 Å². The first kappa shape index (κ1) is 12.6. The summed E-state index contributed by atoms with van der Waals surface area (Å²) in [4.78, 5) is 10.6. The smallest absolute Gasteiger partial charge is 0.185 e. The molecule has 0 aliphatic heterocycles. The number of thioether (sulfide) groups is 1. The Morgan fingerprint density at radius 2 is 2.31 bits per heavy atom. The Bertz CT molecular complexity index is 448. The van der Waals surface area contributed by atoms with Crippen LogP contribution in [0.3, 0.4) is 0 Å². The van der Waals surface area contributed by atoms with Crippen molar-refractivity contribution in [3.63, 3.8) is 0 Å². The molecular weight excluding hydrogens is 225 g/mol. The predicted molar refractivity (Wildman–Crippen MR) is 65.4 cm³/mol. The summed E-state index contributed by atoms with van der Waals surface area (Å²) in [5.41, 5.74) is 6.05. The number of rotatable bonds is 2. The second kappa shape index (κ2) is 6.19. The van der Waals surface area contributed by atoms with Crippen LogP contribution in [0.15, 0.2) is 18.2 Å². The highest BCUT2D eigenvalue weighted by molar-refractivity contribution is 8.13. The van der Waals surface area contributed by atoms with Crippen molar-refractivity contribution in [2.75, 3.05) is 11.5 Å². The van der Waals surface area contributed by atoms with E-state index in [9.17, 15) is 9.18 Å². The molecule has 0 spiro atoms. The van der Waals surface area contributed by atoms with E-state index >= 15 is 0 Å².